The van der Waals surface area contributed by atoms with Crippen LogP contribution < -0.4 is 5.69 Å². The number of thioether (sulfide) groups is 1. The third-order valence-electron chi connectivity index (χ3n) is 3.62. The lowest BCUT2D eigenvalue weighted by atomic mass is 10.1. The van der Waals surface area contributed by atoms with Crippen molar-refractivity contribution >= 4 is 17.7 Å². The molecule has 0 bridgehead atoms. The second kappa shape index (κ2) is 8.22. The lowest BCUT2D eigenvalue weighted by Crippen LogP contribution is -2.30. The monoisotopic (exact) mass is 312 g/mol. The van der Waals surface area contributed by atoms with E-state index in [1.165, 1.54) is 0 Å². The summed E-state index contributed by atoms with van der Waals surface area (Å²) < 4.78 is 1.71. The fourth-order valence-electron chi connectivity index (χ4n) is 2.46. The zero-order valence-corrected chi connectivity index (χ0v) is 14.0. The Morgan fingerprint density at radius 3 is 2.67 bits per heavy atom. The van der Waals surface area contributed by atoms with Gasteiger partial charge in [0.15, 0.2) is 0 Å². The van der Waals surface area contributed by atoms with Crippen molar-refractivity contribution in [2.24, 2.45) is 0 Å². The molecule has 1 aromatic heterocycles. The molecule has 1 atom stereocenters. The predicted octanol–water partition coefficient (Wildman–Crippen LogP) is 2.58. The minimum absolute atomic E-state index is 0.0572. The summed E-state index contributed by atoms with van der Waals surface area (Å²) in [5, 5.41) is 8.84. The topological polar surface area (TPSA) is 72.2 Å². The van der Waals surface area contributed by atoms with E-state index in [0.29, 0.717) is 12.1 Å². The van der Waals surface area contributed by atoms with Crippen LogP contribution >= 0.6 is 11.8 Å². The van der Waals surface area contributed by atoms with Crippen molar-refractivity contribution in [3.8, 4) is 0 Å². The van der Waals surface area contributed by atoms with E-state index in [2.05, 4.69) is 11.9 Å². The van der Waals surface area contributed by atoms with Crippen LogP contribution in [0.1, 0.15) is 49.7 Å². The van der Waals surface area contributed by atoms with Crippen molar-refractivity contribution < 1.29 is 9.90 Å². The van der Waals surface area contributed by atoms with Gasteiger partial charge in [-0.15, -0.1) is 0 Å². The van der Waals surface area contributed by atoms with Gasteiger partial charge in [-0.2, -0.15) is 16.7 Å². The van der Waals surface area contributed by atoms with Gasteiger partial charge in [0.1, 0.15) is 0 Å². The van der Waals surface area contributed by atoms with Crippen LogP contribution in [0.4, 0.5) is 0 Å². The molecule has 0 radical (unpaired) electrons. The van der Waals surface area contributed by atoms with Crippen LogP contribution in [0.3, 0.4) is 0 Å². The lowest BCUT2D eigenvalue weighted by molar-refractivity contribution is -0.136. The van der Waals surface area contributed by atoms with E-state index in [1.54, 1.807) is 11.5 Å². The van der Waals surface area contributed by atoms with Crippen molar-refractivity contribution in [1.29, 1.82) is 0 Å². The van der Waals surface area contributed by atoms with Crippen molar-refractivity contribution in [3.63, 3.8) is 0 Å². The highest BCUT2D eigenvalue weighted by Gasteiger charge is 2.16. The van der Waals surface area contributed by atoms with Crippen molar-refractivity contribution in [3.05, 3.63) is 27.4 Å². The molecular formula is C15H24N2O3S. The first-order chi connectivity index (χ1) is 9.88. The van der Waals surface area contributed by atoms with E-state index in [1.807, 2.05) is 25.6 Å². The maximum Gasteiger partial charge on any atom is 0.348 e. The van der Waals surface area contributed by atoms with Crippen molar-refractivity contribution in [1.82, 2.24) is 9.55 Å². The summed E-state index contributed by atoms with van der Waals surface area (Å²) in [5.74, 6) is 1.23. The molecule has 1 heterocycles. The average Bonchev–Trinajstić information content (AvgIpc) is 2.37. The number of aryl methyl sites for hydroxylation is 1. The first-order valence-electron chi connectivity index (χ1n) is 7.26. The van der Waals surface area contributed by atoms with E-state index in [4.69, 9.17) is 5.11 Å². The molecule has 5 nitrogen and oxygen atoms in total. The molecule has 0 aromatic carbocycles. The Hall–Kier alpha value is -1.30. The molecule has 0 aliphatic rings. The molecule has 6 heteroatoms. The number of hydrogen-bond donors (Lipinski definition) is 1. The van der Waals surface area contributed by atoms with Crippen LogP contribution in [0, 0.1) is 13.8 Å². The van der Waals surface area contributed by atoms with Gasteiger partial charge < -0.3 is 5.11 Å². The maximum absolute atomic E-state index is 12.2. The highest BCUT2D eigenvalue weighted by atomic mass is 32.2. The predicted molar refractivity (Wildman–Crippen MR) is 86.3 cm³/mol. The summed E-state index contributed by atoms with van der Waals surface area (Å²) in [4.78, 5) is 27.0. The van der Waals surface area contributed by atoms with Crippen LogP contribution in [0.2, 0.25) is 0 Å². The summed E-state index contributed by atoms with van der Waals surface area (Å²) in [6.45, 7) is 7.79. The first-order valence-corrected chi connectivity index (χ1v) is 8.42. The number of hydrogen-bond acceptors (Lipinski definition) is 4. The quantitative estimate of drug-likeness (QED) is 0.747. The minimum Gasteiger partial charge on any atom is -0.481 e. The molecule has 1 rings (SSSR count). The third kappa shape index (κ3) is 4.88. The number of carbonyl (C=O) groups is 1. The highest BCUT2D eigenvalue weighted by Crippen LogP contribution is 2.19. The van der Waals surface area contributed by atoms with Gasteiger partial charge in [0.05, 0.1) is 0 Å². The molecule has 1 N–H and O–H groups in total. The van der Waals surface area contributed by atoms with E-state index in [0.717, 1.165) is 29.2 Å². The number of aromatic nitrogens is 2. The average molecular weight is 312 g/mol. The normalized spacial score (nSPS) is 12.4. The summed E-state index contributed by atoms with van der Waals surface area (Å²) in [6.07, 6.45) is 1.38. The van der Waals surface area contributed by atoms with Gasteiger partial charge in [0.2, 0.25) is 0 Å². The number of aliphatic carboxylic acids is 1. The van der Waals surface area contributed by atoms with Crippen LogP contribution in [-0.4, -0.2) is 32.1 Å². The first kappa shape index (κ1) is 17.8. The number of nitrogens with zero attached hydrogens (tertiary/aromatic N) is 2. The fraction of sp³-hybridized carbons (Fsp3) is 0.667. The molecule has 0 spiro atoms. The molecule has 0 saturated heterocycles. The van der Waals surface area contributed by atoms with Gasteiger partial charge in [0, 0.05) is 23.9 Å². The second-order valence-corrected chi connectivity index (χ2v) is 6.54. The molecule has 0 fully saturated rings. The van der Waals surface area contributed by atoms with Crippen molar-refractivity contribution in [2.75, 3.05) is 11.5 Å². The second-order valence-electron chi connectivity index (χ2n) is 5.14. The molecule has 118 valence electrons. The SMILES string of the molecule is CCSCCC(C)n1c(C)c(CCC(=O)O)c(C)nc1=O. The Kier molecular flexibility index (Phi) is 6.95. The molecule has 0 aliphatic carbocycles. The van der Waals surface area contributed by atoms with Crippen LogP contribution in [0.25, 0.3) is 0 Å². The van der Waals surface area contributed by atoms with Gasteiger partial charge in [-0.3, -0.25) is 9.36 Å². The minimum atomic E-state index is -0.834. The smallest absolute Gasteiger partial charge is 0.348 e. The summed E-state index contributed by atoms with van der Waals surface area (Å²) in [7, 11) is 0. The number of rotatable bonds is 8. The standard InChI is InChI=1S/C15H24N2O3S/c1-5-21-9-8-10(2)17-12(4)13(6-7-14(18)19)11(3)16-15(17)20/h10H,5-9H2,1-4H3,(H,18,19). The molecule has 0 aliphatic heterocycles. The number of carboxylic acids is 1. The Morgan fingerprint density at radius 2 is 2.10 bits per heavy atom. The summed E-state index contributed by atoms with van der Waals surface area (Å²) in [6, 6.07) is 0.0771. The van der Waals surface area contributed by atoms with Crippen LogP contribution in [0.5, 0.6) is 0 Å². The van der Waals surface area contributed by atoms with Crippen LogP contribution in [0.15, 0.2) is 4.79 Å². The van der Waals surface area contributed by atoms with E-state index in [9.17, 15) is 9.59 Å². The number of carboxylic acid groups (broad SMARTS) is 1. The molecule has 1 aromatic rings. The summed E-state index contributed by atoms with van der Waals surface area (Å²) >= 11 is 1.85. The molecular weight excluding hydrogens is 288 g/mol. The fourth-order valence-corrected chi connectivity index (χ4v) is 3.25. The highest BCUT2D eigenvalue weighted by molar-refractivity contribution is 7.99. The molecule has 21 heavy (non-hydrogen) atoms. The van der Waals surface area contributed by atoms with Gasteiger partial charge in [0.25, 0.3) is 0 Å². The van der Waals surface area contributed by atoms with E-state index < -0.39 is 5.97 Å². The Balaban J connectivity index is 3.05. The lowest BCUT2D eigenvalue weighted by Gasteiger charge is -2.20. The third-order valence-corrected chi connectivity index (χ3v) is 4.55. The van der Waals surface area contributed by atoms with Gasteiger partial charge in [-0.25, -0.2) is 4.79 Å². The molecule has 1 unspecified atom stereocenters. The van der Waals surface area contributed by atoms with E-state index >= 15 is 0 Å². The maximum atomic E-state index is 12.2. The van der Waals surface area contributed by atoms with Crippen LogP contribution in [-0.2, 0) is 11.2 Å². The Morgan fingerprint density at radius 1 is 1.43 bits per heavy atom. The zero-order chi connectivity index (χ0) is 16.0. The summed E-state index contributed by atoms with van der Waals surface area (Å²) in [5.41, 5.74) is 2.14. The van der Waals surface area contributed by atoms with Gasteiger partial charge in [-0.1, -0.05) is 6.92 Å². The van der Waals surface area contributed by atoms with Crippen molar-refractivity contribution in [2.45, 2.75) is 53.0 Å². The Bertz CT molecular complexity index is 555. The Labute approximate surface area is 129 Å². The molecule has 0 saturated carbocycles. The van der Waals surface area contributed by atoms with E-state index in [-0.39, 0.29) is 18.2 Å². The molecule has 0 amide bonds. The zero-order valence-electron chi connectivity index (χ0n) is 13.2. The largest absolute Gasteiger partial charge is 0.481 e. The van der Waals surface area contributed by atoms with Gasteiger partial charge >= 0.3 is 11.7 Å². The van der Waals surface area contributed by atoms with Gasteiger partial charge in [-0.05, 0) is 50.7 Å².